The second-order valence-corrected chi connectivity index (χ2v) is 9.24. The van der Waals surface area contributed by atoms with E-state index in [1.54, 1.807) is 24.3 Å². The van der Waals surface area contributed by atoms with Gasteiger partial charge in [-0.25, -0.2) is 8.78 Å². The average molecular weight is 559 g/mol. The minimum Gasteiger partial charge on any atom is -0.427 e. The number of hydrogen-bond donors (Lipinski definition) is 0. The minimum atomic E-state index is -5.86. The fourth-order valence-electron chi connectivity index (χ4n) is 4.07. The van der Waals surface area contributed by atoms with Gasteiger partial charge in [0.25, 0.3) is 6.17 Å². The molecular formula is C32H25F7O. The van der Waals surface area contributed by atoms with Gasteiger partial charge >= 0.3 is 12.3 Å². The predicted molar refractivity (Wildman–Crippen MR) is 143 cm³/mol. The molecule has 0 aliphatic rings. The Morgan fingerprint density at radius 3 is 1.57 bits per heavy atom. The van der Waals surface area contributed by atoms with Crippen molar-refractivity contribution in [2.24, 2.45) is 0 Å². The summed E-state index contributed by atoms with van der Waals surface area (Å²) in [5, 5.41) is 0. The van der Waals surface area contributed by atoms with E-state index in [2.05, 4.69) is 35.9 Å². The highest BCUT2D eigenvalue weighted by Gasteiger charge is 2.59. The zero-order valence-electron chi connectivity index (χ0n) is 21.4. The van der Waals surface area contributed by atoms with Crippen LogP contribution in [0.3, 0.4) is 0 Å². The van der Waals surface area contributed by atoms with E-state index >= 15 is 0 Å². The summed E-state index contributed by atoms with van der Waals surface area (Å²) in [6.07, 6.45) is -9.75. The van der Waals surface area contributed by atoms with Gasteiger partial charge in [-0.3, -0.25) is 0 Å². The van der Waals surface area contributed by atoms with Crippen LogP contribution >= 0.6 is 0 Å². The van der Waals surface area contributed by atoms with Crippen LogP contribution in [0.25, 0.3) is 34.4 Å². The first-order valence-electron chi connectivity index (χ1n) is 12.5. The Labute approximate surface area is 227 Å². The molecule has 0 aromatic heterocycles. The predicted octanol–water partition coefficient (Wildman–Crippen LogP) is 10.2. The molecule has 1 nitrogen and oxygen atoms in total. The Morgan fingerprint density at radius 1 is 0.675 bits per heavy atom. The van der Waals surface area contributed by atoms with Crippen molar-refractivity contribution >= 4 is 12.2 Å². The zero-order chi connectivity index (χ0) is 28.9. The quantitative estimate of drug-likeness (QED) is 0.147. The van der Waals surface area contributed by atoms with Crippen molar-refractivity contribution in [3.8, 4) is 28.0 Å². The largest absolute Gasteiger partial charge is 0.439 e. The summed E-state index contributed by atoms with van der Waals surface area (Å²) in [4.78, 5) is 0. The summed E-state index contributed by atoms with van der Waals surface area (Å²) >= 11 is 0. The third-order valence-electron chi connectivity index (χ3n) is 6.21. The lowest BCUT2D eigenvalue weighted by Crippen LogP contribution is -2.45. The second kappa shape index (κ2) is 12.0. The van der Waals surface area contributed by atoms with E-state index in [4.69, 9.17) is 0 Å². The Kier molecular flexibility index (Phi) is 8.67. The van der Waals surface area contributed by atoms with Gasteiger partial charge in [-0.1, -0.05) is 104 Å². The first-order valence-corrected chi connectivity index (χ1v) is 12.5. The number of aryl methyl sites for hydroxylation is 1. The monoisotopic (exact) mass is 558 g/mol. The molecule has 0 heterocycles. The number of hydrogen-bond acceptors (Lipinski definition) is 1. The lowest BCUT2D eigenvalue weighted by molar-refractivity contribution is -0.305. The summed E-state index contributed by atoms with van der Waals surface area (Å²) in [6.45, 7) is 2.15. The molecule has 0 saturated carbocycles. The molecule has 1 unspecified atom stereocenters. The fourth-order valence-corrected chi connectivity index (χ4v) is 4.07. The molecule has 0 N–H and O–H groups in total. The highest BCUT2D eigenvalue weighted by Crippen LogP contribution is 2.38. The minimum absolute atomic E-state index is 0.273. The maximum Gasteiger partial charge on any atom is 0.439 e. The smallest absolute Gasteiger partial charge is 0.427 e. The van der Waals surface area contributed by atoms with Crippen LogP contribution in [0.1, 0.15) is 30.0 Å². The van der Waals surface area contributed by atoms with E-state index in [0.717, 1.165) is 47.2 Å². The van der Waals surface area contributed by atoms with Crippen molar-refractivity contribution in [2.75, 3.05) is 0 Å². The molecule has 4 aromatic rings. The molecule has 8 heteroatoms. The summed E-state index contributed by atoms with van der Waals surface area (Å²) in [5.74, 6) is -2.55. The Hall–Kier alpha value is -4.07. The lowest BCUT2D eigenvalue weighted by atomic mass is 10.0. The van der Waals surface area contributed by atoms with Crippen molar-refractivity contribution in [2.45, 2.75) is 38.2 Å². The number of benzene rings is 4. The number of ether oxygens (including phenoxy) is 1. The normalized spacial score (nSPS) is 13.0. The highest BCUT2D eigenvalue weighted by molar-refractivity contribution is 5.74. The SMILES string of the molecule is CCCc1ccc(-c2ccc(C=Cc3ccc(-c4ccc(OC(F)(F)C(F)C(F)(F)F)c(F)c4)cc3)cc2)cc1. The van der Waals surface area contributed by atoms with Crippen LogP contribution < -0.4 is 4.74 Å². The van der Waals surface area contributed by atoms with Crippen LogP contribution in [-0.2, 0) is 6.42 Å². The third kappa shape index (κ3) is 7.11. The molecule has 0 fully saturated rings. The molecule has 0 saturated heterocycles. The maximum atomic E-state index is 14.3. The first kappa shape index (κ1) is 28.9. The van der Waals surface area contributed by atoms with Crippen molar-refractivity contribution in [3.63, 3.8) is 0 Å². The highest BCUT2D eigenvalue weighted by atomic mass is 19.4. The summed E-state index contributed by atoms with van der Waals surface area (Å²) in [6, 6.07) is 26.3. The van der Waals surface area contributed by atoms with Crippen molar-refractivity contribution in [1.82, 2.24) is 0 Å². The Balaban J connectivity index is 1.41. The first-order chi connectivity index (χ1) is 19.0. The van der Waals surface area contributed by atoms with Crippen LogP contribution in [0.2, 0.25) is 0 Å². The number of halogens is 7. The van der Waals surface area contributed by atoms with Gasteiger partial charge in [0.05, 0.1) is 0 Å². The molecule has 1 atom stereocenters. The van der Waals surface area contributed by atoms with Gasteiger partial charge in [-0.05, 0) is 57.5 Å². The molecular weight excluding hydrogens is 533 g/mol. The Morgan fingerprint density at radius 2 is 1.12 bits per heavy atom. The molecule has 0 radical (unpaired) electrons. The number of alkyl halides is 6. The number of rotatable bonds is 9. The van der Waals surface area contributed by atoms with E-state index < -0.39 is 30.0 Å². The van der Waals surface area contributed by atoms with Gasteiger partial charge in [0, 0.05) is 0 Å². The van der Waals surface area contributed by atoms with Crippen molar-refractivity contribution in [3.05, 3.63) is 114 Å². The summed E-state index contributed by atoms with van der Waals surface area (Å²) < 4.78 is 95.0. The Bertz CT molecular complexity index is 1440. The molecule has 4 aromatic carbocycles. The van der Waals surface area contributed by atoms with Gasteiger partial charge < -0.3 is 4.74 Å². The fraction of sp³-hybridized carbons (Fsp3) is 0.188. The second-order valence-electron chi connectivity index (χ2n) is 9.24. The molecule has 0 bridgehead atoms. The topological polar surface area (TPSA) is 9.23 Å². The molecule has 0 aliphatic carbocycles. The molecule has 40 heavy (non-hydrogen) atoms. The van der Waals surface area contributed by atoms with Crippen LogP contribution in [0, 0.1) is 5.82 Å². The molecule has 208 valence electrons. The van der Waals surface area contributed by atoms with E-state index in [0.29, 0.717) is 5.56 Å². The van der Waals surface area contributed by atoms with E-state index in [-0.39, 0.29) is 5.56 Å². The van der Waals surface area contributed by atoms with Crippen molar-refractivity contribution < 1.29 is 35.5 Å². The lowest BCUT2D eigenvalue weighted by Gasteiger charge is -2.23. The van der Waals surface area contributed by atoms with Crippen molar-refractivity contribution in [1.29, 1.82) is 0 Å². The molecule has 0 aliphatic heterocycles. The van der Waals surface area contributed by atoms with Crippen LogP contribution in [0.5, 0.6) is 5.75 Å². The third-order valence-corrected chi connectivity index (χ3v) is 6.21. The average Bonchev–Trinajstić information content (AvgIpc) is 2.93. The van der Waals surface area contributed by atoms with Crippen LogP contribution in [0.4, 0.5) is 30.7 Å². The molecule has 0 spiro atoms. The standard InChI is InChI=1S/C32H25F7O/c1-2-3-21-6-12-24(13-7-21)25-14-8-22(9-15-25)4-5-23-10-16-26(17-11-23)27-18-19-29(28(33)20-27)40-32(38,39)30(34)31(35,36)37/h4-20,30H,2-3H2,1H3. The van der Waals surface area contributed by atoms with Crippen LogP contribution in [-0.4, -0.2) is 18.5 Å². The van der Waals surface area contributed by atoms with Gasteiger partial charge in [-0.15, -0.1) is 0 Å². The summed E-state index contributed by atoms with van der Waals surface area (Å²) in [7, 11) is 0. The molecule has 0 amide bonds. The van der Waals surface area contributed by atoms with E-state index in [9.17, 15) is 30.7 Å². The van der Waals surface area contributed by atoms with Gasteiger partial charge in [0.2, 0.25) is 0 Å². The van der Waals surface area contributed by atoms with Gasteiger partial charge in [0.1, 0.15) is 0 Å². The van der Waals surface area contributed by atoms with E-state index in [1.807, 2.05) is 36.4 Å². The maximum absolute atomic E-state index is 14.3. The van der Waals surface area contributed by atoms with Gasteiger partial charge in [0.15, 0.2) is 11.6 Å². The van der Waals surface area contributed by atoms with E-state index in [1.165, 1.54) is 11.6 Å². The summed E-state index contributed by atoms with van der Waals surface area (Å²) in [5.41, 5.74) is 6.21. The van der Waals surface area contributed by atoms with Gasteiger partial charge in [-0.2, -0.15) is 22.0 Å². The van der Waals surface area contributed by atoms with Crippen LogP contribution in [0.15, 0.2) is 91.0 Å². The molecule has 4 rings (SSSR count). The zero-order valence-corrected chi connectivity index (χ0v) is 21.4.